The van der Waals surface area contributed by atoms with E-state index in [0.717, 1.165) is 69.4 Å². The summed E-state index contributed by atoms with van der Waals surface area (Å²) in [7, 11) is 0. The van der Waals surface area contributed by atoms with Crippen LogP contribution in [0.1, 0.15) is 64.1 Å². The number of hydrogen-bond donors (Lipinski definition) is 3. The van der Waals surface area contributed by atoms with E-state index in [-0.39, 0.29) is 11.7 Å². The highest BCUT2D eigenvalue weighted by molar-refractivity contribution is 5.77. The van der Waals surface area contributed by atoms with E-state index in [2.05, 4.69) is 51.2 Å². The van der Waals surface area contributed by atoms with Crippen LogP contribution in [0.2, 0.25) is 0 Å². The maximum atomic E-state index is 11.7. The highest BCUT2D eigenvalue weighted by atomic mass is 16.5. The fourth-order valence-electron chi connectivity index (χ4n) is 9.47. The molecule has 0 spiro atoms. The number of nitrogens with one attached hydrogen (secondary N) is 1. The average Bonchev–Trinajstić information content (AvgIpc) is 3.64. The number of hydrogen-bond acceptors (Lipinski definition) is 12. The number of benzene rings is 1. The third-order valence-electron chi connectivity index (χ3n) is 12.4. The number of fused-ring (bicyclic) bond motifs is 3. The van der Waals surface area contributed by atoms with Crippen LogP contribution in [-0.2, 0) is 4.79 Å². The molecule has 4 fully saturated rings. The zero-order valence-corrected chi connectivity index (χ0v) is 30.0. The van der Waals surface area contributed by atoms with Gasteiger partial charge in [0.15, 0.2) is 17.4 Å². The largest absolute Gasteiger partial charge is 0.507 e. The van der Waals surface area contributed by atoms with Gasteiger partial charge in [0.05, 0.1) is 17.4 Å². The molecule has 3 aromatic rings. The maximum absolute atomic E-state index is 11.7. The van der Waals surface area contributed by atoms with Crippen LogP contribution in [0.25, 0.3) is 11.3 Å². The molecule has 7 heterocycles. The van der Waals surface area contributed by atoms with Crippen molar-refractivity contribution < 1.29 is 19.5 Å². The number of phenols is 1. The number of likely N-dealkylation sites (tertiary alicyclic amines) is 2. The number of anilines is 3. The molecule has 2 aromatic heterocycles. The molecule has 1 aromatic carbocycles. The van der Waals surface area contributed by atoms with Crippen LogP contribution in [-0.4, -0.2) is 136 Å². The number of para-hydroxylation sites is 1. The van der Waals surface area contributed by atoms with Crippen LogP contribution < -0.4 is 15.1 Å². The lowest BCUT2D eigenvalue weighted by atomic mass is 9.93. The standard InChI is InChI=1S/C38H53N9O4/c1-25(2)36(38(49)50)34-22-35(42-51-34)45-17-11-27(12-18-45)43-13-7-26(8-14-43)44-15-9-28(10-16-44)46-19-20-47-29(24-46)23-39-37-32(47)21-31(40-41-37)30-5-3-4-6-33(30)48/h3-6,21-22,25-29,36,48H,7-20,23-24H2,1-2H3,(H,39,41)(H,49,50)/t29-,36?/m0/s1. The topological polar surface area (TPSA) is 138 Å². The summed E-state index contributed by atoms with van der Waals surface area (Å²) < 4.78 is 5.50. The molecule has 0 aliphatic carbocycles. The summed E-state index contributed by atoms with van der Waals surface area (Å²) in [5.74, 6) is 0.710. The van der Waals surface area contributed by atoms with E-state index >= 15 is 0 Å². The first kappa shape index (κ1) is 34.2. The first-order valence-electron chi connectivity index (χ1n) is 19.2. The van der Waals surface area contributed by atoms with Crippen molar-refractivity contribution in [1.82, 2.24) is 30.1 Å². The lowest BCUT2D eigenvalue weighted by Gasteiger charge is -2.50. The van der Waals surface area contributed by atoms with Gasteiger partial charge in [-0.3, -0.25) is 9.69 Å². The van der Waals surface area contributed by atoms with E-state index in [1.807, 2.05) is 38.1 Å². The van der Waals surface area contributed by atoms with E-state index in [4.69, 9.17) is 4.52 Å². The molecule has 5 aliphatic rings. The number of aromatic nitrogens is 3. The second-order valence-corrected chi connectivity index (χ2v) is 15.6. The quantitative estimate of drug-likeness (QED) is 0.311. The van der Waals surface area contributed by atoms with Gasteiger partial charge in [0.25, 0.3) is 0 Å². The summed E-state index contributed by atoms with van der Waals surface area (Å²) in [5, 5.41) is 36.7. The minimum atomic E-state index is -0.861. The number of nitrogens with zero attached hydrogens (tertiary/aromatic N) is 8. The van der Waals surface area contributed by atoms with Crippen molar-refractivity contribution in [2.75, 3.05) is 80.6 Å². The lowest BCUT2D eigenvalue weighted by molar-refractivity contribution is -0.140. The second-order valence-electron chi connectivity index (χ2n) is 15.6. The smallest absolute Gasteiger partial charge is 0.314 e. The van der Waals surface area contributed by atoms with Crippen LogP contribution in [0.5, 0.6) is 5.75 Å². The zero-order valence-electron chi connectivity index (χ0n) is 30.0. The Morgan fingerprint density at radius 1 is 0.824 bits per heavy atom. The van der Waals surface area contributed by atoms with Crippen molar-refractivity contribution in [3.8, 4) is 17.0 Å². The van der Waals surface area contributed by atoms with Gasteiger partial charge < -0.3 is 39.7 Å². The average molecular weight is 700 g/mol. The molecule has 13 heteroatoms. The molecule has 274 valence electrons. The van der Waals surface area contributed by atoms with E-state index in [0.29, 0.717) is 41.2 Å². The SMILES string of the molecule is CC(C)C(C(=O)O)c1cc(N2CCC(N3CCC(N4CCC(N5CCN6c7cc(-c8ccccc8O)nnc7NC[C@H]6C5)CC4)CC3)CC2)no1. The number of phenolic OH excluding ortho intramolecular Hbond substituents is 1. The Hall–Kier alpha value is -3.94. The van der Waals surface area contributed by atoms with Gasteiger partial charge >= 0.3 is 5.97 Å². The molecule has 13 nitrogen and oxygen atoms in total. The summed E-state index contributed by atoms with van der Waals surface area (Å²) >= 11 is 0. The molecule has 5 aliphatic heterocycles. The van der Waals surface area contributed by atoms with Crippen molar-refractivity contribution >= 4 is 23.3 Å². The van der Waals surface area contributed by atoms with Crippen molar-refractivity contribution in [2.24, 2.45) is 5.92 Å². The molecule has 0 saturated carbocycles. The van der Waals surface area contributed by atoms with E-state index < -0.39 is 11.9 Å². The van der Waals surface area contributed by atoms with Crippen molar-refractivity contribution in [2.45, 2.75) is 82.5 Å². The van der Waals surface area contributed by atoms with Crippen LogP contribution in [0.15, 0.2) is 40.9 Å². The second kappa shape index (κ2) is 14.6. The third kappa shape index (κ3) is 7.00. The van der Waals surface area contributed by atoms with Gasteiger partial charge in [0.2, 0.25) is 0 Å². The predicted molar refractivity (Wildman–Crippen MR) is 196 cm³/mol. The van der Waals surface area contributed by atoms with Gasteiger partial charge in [-0.1, -0.05) is 31.1 Å². The summed E-state index contributed by atoms with van der Waals surface area (Å²) in [4.78, 5) is 24.8. The molecule has 8 rings (SSSR count). The number of aromatic hydroxyl groups is 1. The summed E-state index contributed by atoms with van der Waals surface area (Å²) in [6.07, 6.45) is 7.19. The fraction of sp³-hybridized carbons (Fsp3) is 0.632. The third-order valence-corrected chi connectivity index (χ3v) is 12.4. The molecular formula is C38H53N9O4. The van der Waals surface area contributed by atoms with Crippen molar-refractivity contribution in [1.29, 1.82) is 0 Å². The zero-order chi connectivity index (χ0) is 35.1. The van der Waals surface area contributed by atoms with Gasteiger partial charge in [-0.25, -0.2) is 0 Å². The number of aliphatic carboxylic acids is 1. The molecule has 0 bridgehead atoms. The number of rotatable bonds is 8. The first-order chi connectivity index (χ1) is 24.8. The molecular weight excluding hydrogens is 646 g/mol. The van der Waals surface area contributed by atoms with Gasteiger partial charge in [-0.05, 0) is 88.8 Å². The summed E-state index contributed by atoms with van der Waals surface area (Å²) in [6, 6.07) is 13.6. The van der Waals surface area contributed by atoms with Crippen LogP contribution >= 0.6 is 0 Å². The van der Waals surface area contributed by atoms with Crippen molar-refractivity contribution in [3.05, 3.63) is 42.2 Å². The van der Waals surface area contributed by atoms with Gasteiger partial charge in [0.1, 0.15) is 11.7 Å². The van der Waals surface area contributed by atoms with E-state index in [9.17, 15) is 15.0 Å². The van der Waals surface area contributed by atoms with Crippen LogP contribution in [0.4, 0.5) is 17.3 Å². The maximum Gasteiger partial charge on any atom is 0.314 e. The summed E-state index contributed by atoms with van der Waals surface area (Å²) in [6.45, 7) is 14.4. The van der Waals surface area contributed by atoms with Gasteiger partial charge in [-0.15, -0.1) is 10.2 Å². The Morgan fingerprint density at radius 3 is 2.12 bits per heavy atom. The Kier molecular flexibility index (Phi) is 9.77. The number of carbonyl (C=O) groups is 1. The molecule has 1 unspecified atom stereocenters. The minimum absolute atomic E-state index is 0.0530. The highest BCUT2D eigenvalue weighted by Crippen LogP contribution is 2.37. The molecule has 51 heavy (non-hydrogen) atoms. The Bertz CT molecular complexity index is 1660. The normalized spacial score (nSPS) is 23.9. The number of carboxylic acid groups (broad SMARTS) is 1. The van der Waals surface area contributed by atoms with Gasteiger partial charge in [0, 0.05) is 69.0 Å². The van der Waals surface area contributed by atoms with Crippen molar-refractivity contribution in [3.63, 3.8) is 0 Å². The molecule has 4 saturated heterocycles. The van der Waals surface area contributed by atoms with Gasteiger partial charge in [-0.2, -0.15) is 0 Å². The summed E-state index contributed by atoms with van der Waals surface area (Å²) in [5.41, 5.74) is 2.51. The van der Waals surface area contributed by atoms with Crippen LogP contribution in [0.3, 0.4) is 0 Å². The fourth-order valence-corrected chi connectivity index (χ4v) is 9.47. The minimum Gasteiger partial charge on any atom is -0.507 e. The predicted octanol–water partition coefficient (Wildman–Crippen LogP) is 4.18. The highest BCUT2D eigenvalue weighted by Gasteiger charge is 2.38. The number of piperidine rings is 3. The van der Waals surface area contributed by atoms with E-state index in [1.165, 1.54) is 51.9 Å². The number of carboxylic acids is 1. The lowest BCUT2D eigenvalue weighted by Crippen LogP contribution is -2.61. The molecule has 3 N–H and O–H groups in total. The first-order valence-corrected chi connectivity index (χ1v) is 19.2. The monoisotopic (exact) mass is 699 g/mol. The number of piperazine rings is 1. The Morgan fingerprint density at radius 2 is 1.47 bits per heavy atom. The van der Waals surface area contributed by atoms with E-state index in [1.54, 1.807) is 6.07 Å². The molecule has 0 radical (unpaired) electrons. The van der Waals surface area contributed by atoms with Crippen LogP contribution in [0, 0.1) is 5.92 Å². The Balaban J connectivity index is 0.782. The molecule has 2 atom stereocenters. The Labute approximate surface area is 300 Å². The molecule has 0 amide bonds.